The summed E-state index contributed by atoms with van der Waals surface area (Å²) in [7, 11) is 0. The van der Waals surface area contributed by atoms with E-state index in [-0.39, 0.29) is 5.91 Å². The van der Waals surface area contributed by atoms with Crippen molar-refractivity contribution in [2.24, 2.45) is 0 Å². The van der Waals surface area contributed by atoms with Crippen LogP contribution in [-0.2, 0) is 0 Å². The third kappa shape index (κ3) is 2.70. The summed E-state index contributed by atoms with van der Waals surface area (Å²) in [5.74, 6) is 0.0777. The van der Waals surface area contributed by atoms with E-state index in [4.69, 9.17) is 17.3 Å². The molecule has 0 fully saturated rings. The number of aromatic nitrogens is 2. The number of nitrogens with one attached hydrogen (secondary N) is 1. The molecule has 0 aliphatic heterocycles. The Morgan fingerprint density at radius 3 is 2.76 bits per heavy atom. The van der Waals surface area contributed by atoms with E-state index in [0.717, 1.165) is 0 Å². The molecular formula is C11H9ClN4O. The molecule has 0 saturated heterocycles. The first kappa shape index (κ1) is 11.3. The van der Waals surface area contributed by atoms with Gasteiger partial charge >= 0.3 is 0 Å². The quantitative estimate of drug-likeness (QED) is 0.851. The van der Waals surface area contributed by atoms with Gasteiger partial charge in [-0.3, -0.25) is 9.78 Å². The van der Waals surface area contributed by atoms with Crippen LogP contribution in [0, 0.1) is 0 Å². The van der Waals surface area contributed by atoms with Gasteiger partial charge in [0.15, 0.2) is 0 Å². The summed E-state index contributed by atoms with van der Waals surface area (Å²) < 4.78 is 0. The molecule has 2 aromatic rings. The fourth-order valence-corrected chi connectivity index (χ4v) is 1.44. The molecule has 2 heterocycles. The van der Waals surface area contributed by atoms with Crippen LogP contribution in [0.25, 0.3) is 0 Å². The van der Waals surface area contributed by atoms with Crippen molar-refractivity contribution in [3.63, 3.8) is 0 Å². The van der Waals surface area contributed by atoms with Crippen LogP contribution in [0.5, 0.6) is 0 Å². The molecule has 3 N–H and O–H groups in total. The van der Waals surface area contributed by atoms with Crippen molar-refractivity contribution < 1.29 is 4.79 Å². The van der Waals surface area contributed by atoms with Crippen LogP contribution in [0.1, 0.15) is 10.4 Å². The van der Waals surface area contributed by atoms with E-state index >= 15 is 0 Å². The lowest BCUT2D eigenvalue weighted by molar-refractivity contribution is 0.102. The number of nitrogen functional groups attached to an aromatic ring is 1. The zero-order valence-corrected chi connectivity index (χ0v) is 9.48. The minimum atomic E-state index is -0.316. The minimum Gasteiger partial charge on any atom is -0.384 e. The normalized spacial score (nSPS) is 9.94. The van der Waals surface area contributed by atoms with E-state index in [2.05, 4.69) is 15.3 Å². The number of carbonyl (C=O) groups is 1. The maximum absolute atomic E-state index is 11.8. The summed E-state index contributed by atoms with van der Waals surface area (Å²) in [5.41, 5.74) is 6.35. The molecule has 1 amide bonds. The maximum atomic E-state index is 11.8. The van der Waals surface area contributed by atoms with Crippen molar-refractivity contribution in [3.8, 4) is 0 Å². The zero-order chi connectivity index (χ0) is 12.3. The van der Waals surface area contributed by atoms with E-state index in [1.807, 2.05) is 0 Å². The predicted octanol–water partition coefficient (Wildman–Crippen LogP) is 1.96. The smallest absolute Gasteiger partial charge is 0.257 e. The SMILES string of the molecule is Nc1ccc(NC(=O)c2ccncc2Cl)cn1. The Hall–Kier alpha value is -2.14. The molecule has 0 atom stereocenters. The van der Waals surface area contributed by atoms with E-state index in [9.17, 15) is 4.79 Å². The number of anilines is 2. The molecule has 0 bridgehead atoms. The highest BCUT2D eigenvalue weighted by Gasteiger charge is 2.09. The molecule has 17 heavy (non-hydrogen) atoms. The van der Waals surface area contributed by atoms with Crippen molar-refractivity contribution in [3.05, 3.63) is 47.4 Å². The second kappa shape index (κ2) is 4.80. The number of pyridine rings is 2. The van der Waals surface area contributed by atoms with E-state index in [0.29, 0.717) is 22.1 Å². The summed E-state index contributed by atoms with van der Waals surface area (Å²) >= 11 is 5.85. The van der Waals surface area contributed by atoms with Crippen molar-refractivity contribution in [2.45, 2.75) is 0 Å². The monoisotopic (exact) mass is 248 g/mol. The van der Waals surface area contributed by atoms with E-state index in [1.54, 1.807) is 18.2 Å². The standard InChI is InChI=1S/C11H9ClN4O/c12-9-6-14-4-3-8(9)11(17)16-7-1-2-10(13)15-5-7/h1-6H,(H2,13,15)(H,16,17). The molecule has 2 aromatic heterocycles. The average Bonchev–Trinajstić information content (AvgIpc) is 2.32. The van der Waals surface area contributed by atoms with Crippen LogP contribution >= 0.6 is 11.6 Å². The van der Waals surface area contributed by atoms with Gasteiger partial charge in [0.05, 0.1) is 22.5 Å². The second-order valence-corrected chi connectivity index (χ2v) is 3.69. The summed E-state index contributed by atoms with van der Waals surface area (Å²) in [5, 5.41) is 2.96. The first-order valence-corrected chi connectivity index (χ1v) is 5.17. The molecule has 0 unspecified atom stereocenters. The molecule has 0 aromatic carbocycles. The van der Waals surface area contributed by atoms with Gasteiger partial charge in [-0.1, -0.05) is 11.6 Å². The number of amides is 1. The fraction of sp³-hybridized carbons (Fsp3) is 0. The largest absolute Gasteiger partial charge is 0.384 e. The highest BCUT2D eigenvalue weighted by Crippen LogP contribution is 2.15. The third-order valence-electron chi connectivity index (χ3n) is 2.06. The van der Waals surface area contributed by atoms with E-state index < -0.39 is 0 Å². The van der Waals surface area contributed by atoms with Crippen LogP contribution in [0.4, 0.5) is 11.5 Å². The van der Waals surface area contributed by atoms with Crippen LogP contribution in [0.15, 0.2) is 36.8 Å². The number of hydrogen-bond donors (Lipinski definition) is 2. The van der Waals surface area contributed by atoms with Crippen LogP contribution < -0.4 is 11.1 Å². The number of nitrogens with zero attached hydrogens (tertiary/aromatic N) is 2. The van der Waals surface area contributed by atoms with Gasteiger partial charge in [0, 0.05) is 12.4 Å². The van der Waals surface area contributed by atoms with Gasteiger partial charge in [0.1, 0.15) is 5.82 Å². The van der Waals surface area contributed by atoms with Crippen LogP contribution in [-0.4, -0.2) is 15.9 Å². The molecule has 0 radical (unpaired) electrons. The Bertz CT molecular complexity index is 541. The van der Waals surface area contributed by atoms with Gasteiger partial charge in [-0.25, -0.2) is 4.98 Å². The lowest BCUT2D eigenvalue weighted by atomic mass is 10.2. The highest BCUT2D eigenvalue weighted by molar-refractivity contribution is 6.34. The molecule has 0 spiro atoms. The molecular weight excluding hydrogens is 240 g/mol. The predicted molar refractivity (Wildman–Crippen MR) is 65.8 cm³/mol. The summed E-state index contributed by atoms with van der Waals surface area (Å²) in [6.07, 6.45) is 4.39. The van der Waals surface area contributed by atoms with Crippen molar-refractivity contribution in [1.82, 2.24) is 9.97 Å². The Morgan fingerprint density at radius 1 is 1.29 bits per heavy atom. The minimum absolute atomic E-state index is 0.299. The Balaban J connectivity index is 2.17. The van der Waals surface area contributed by atoms with Crippen LogP contribution in [0.2, 0.25) is 5.02 Å². The number of carbonyl (C=O) groups excluding carboxylic acids is 1. The number of halogens is 1. The number of nitrogens with two attached hydrogens (primary N) is 1. The van der Waals surface area contributed by atoms with Crippen molar-refractivity contribution >= 4 is 29.0 Å². The van der Waals surface area contributed by atoms with Gasteiger partial charge in [0.2, 0.25) is 0 Å². The summed E-state index contributed by atoms with van der Waals surface area (Å²) in [6.45, 7) is 0. The number of hydrogen-bond acceptors (Lipinski definition) is 4. The Kier molecular flexibility index (Phi) is 3.20. The lowest BCUT2D eigenvalue weighted by Gasteiger charge is -2.05. The Labute approximate surface area is 103 Å². The third-order valence-corrected chi connectivity index (χ3v) is 2.36. The number of rotatable bonds is 2. The zero-order valence-electron chi connectivity index (χ0n) is 8.72. The summed E-state index contributed by atoms with van der Waals surface area (Å²) in [4.78, 5) is 19.5. The van der Waals surface area contributed by atoms with Gasteiger partial charge < -0.3 is 11.1 Å². The first-order valence-electron chi connectivity index (χ1n) is 4.79. The topological polar surface area (TPSA) is 80.9 Å². The second-order valence-electron chi connectivity index (χ2n) is 3.28. The fourth-order valence-electron chi connectivity index (χ4n) is 1.24. The summed E-state index contributed by atoms with van der Waals surface area (Å²) in [6, 6.07) is 4.81. The van der Waals surface area contributed by atoms with Gasteiger partial charge in [-0.15, -0.1) is 0 Å². The highest BCUT2D eigenvalue weighted by atomic mass is 35.5. The van der Waals surface area contributed by atoms with Gasteiger partial charge in [-0.2, -0.15) is 0 Å². The van der Waals surface area contributed by atoms with Crippen molar-refractivity contribution in [1.29, 1.82) is 0 Å². The molecule has 0 saturated carbocycles. The van der Waals surface area contributed by atoms with E-state index in [1.165, 1.54) is 18.6 Å². The first-order chi connectivity index (χ1) is 8.16. The molecule has 6 heteroatoms. The van der Waals surface area contributed by atoms with Gasteiger partial charge in [0.25, 0.3) is 5.91 Å². The Morgan fingerprint density at radius 2 is 2.12 bits per heavy atom. The molecule has 0 aliphatic rings. The van der Waals surface area contributed by atoms with Crippen molar-refractivity contribution in [2.75, 3.05) is 11.1 Å². The average molecular weight is 249 g/mol. The molecule has 0 aliphatic carbocycles. The molecule has 5 nitrogen and oxygen atoms in total. The molecule has 2 rings (SSSR count). The maximum Gasteiger partial charge on any atom is 0.257 e. The van der Waals surface area contributed by atoms with Crippen LogP contribution in [0.3, 0.4) is 0 Å². The van der Waals surface area contributed by atoms with Gasteiger partial charge in [-0.05, 0) is 18.2 Å². The molecule has 86 valence electrons. The lowest BCUT2D eigenvalue weighted by Crippen LogP contribution is -2.12.